The smallest absolute Gasteiger partial charge is 0.264 e. The Bertz CT molecular complexity index is 884. The summed E-state index contributed by atoms with van der Waals surface area (Å²) in [5.74, 6) is -0.169. The molecular formula is C19H21ClN4OS. The minimum Gasteiger partial charge on any atom is -0.300 e. The average molecular weight is 389 g/mol. The molecule has 26 heavy (non-hydrogen) atoms. The standard InChI is InChI=1S/C19H21ClN4OS/c1-4-5-10-24-17(20)15(13(3)23-24)11-16-18(25)22-19(26-16)21-14-8-6-12(2)7-9-14/h6-9,11H,4-5,10H2,1-3H3,(H,21,22,25)/b16-11-. The fourth-order valence-electron chi connectivity index (χ4n) is 2.54. The third-order valence-corrected chi connectivity index (χ3v) is 5.33. The van der Waals surface area contributed by atoms with Crippen LogP contribution in [0.4, 0.5) is 5.69 Å². The molecule has 0 unspecified atom stereocenters. The van der Waals surface area contributed by atoms with E-state index in [1.807, 2.05) is 38.1 Å². The first-order chi connectivity index (χ1) is 12.5. The number of unbranched alkanes of at least 4 members (excludes halogenated alkanes) is 1. The second-order valence-electron chi connectivity index (χ2n) is 6.18. The first-order valence-corrected chi connectivity index (χ1v) is 9.76. The molecule has 0 bridgehead atoms. The highest BCUT2D eigenvalue weighted by atomic mass is 35.5. The van der Waals surface area contributed by atoms with Crippen LogP contribution < -0.4 is 5.32 Å². The number of rotatable bonds is 5. The zero-order valence-electron chi connectivity index (χ0n) is 15.0. The van der Waals surface area contributed by atoms with Crippen molar-refractivity contribution in [1.82, 2.24) is 15.1 Å². The van der Waals surface area contributed by atoms with Crippen molar-refractivity contribution in [2.24, 2.45) is 4.99 Å². The molecule has 1 aliphatic heterocycles. The highest BCUT2D eigenvalue weighted by Crippen LogP contribution is 2.31. The predicted octanol–water partition coefficient (Wildman–Crippen LogP) is 4.85. The van der Waals surface area contributed by atoms with Gasteiger partial charge in [-0.05, 0) is 50.2 Å². The summed E-state index contributed by atoms with van der Waals surface area (Å²) in [5, 5.41) is 8.42. The summed E-state index contributed by atoms with van der Waals surface area (Å²) >= 11 is 7.77. The molecular weight excluding hydrogens is 368 g/mol. The van der Waals surface area contributed by atoms with Gasteiger partial charge in [-0.3, -0.25) is 9.48 Å². The molecule has 1 fully saturated rings. The van der Waals surface area contributed by atoms with Gasteiger partial charge < -0.3 is 5.32 Å². The molecule has 5 nitrogen and oxygen atoms in total. The summed E-state index contributed by atoms with van der Waals surface area (Å²) in [5.41, 5.74) is 3.58. The largest absolute Gasteiger partial charge is 0.300 e. The van der Waals surface area contributed by atoms with Crippen LogP contribution in [0.1, 0.15) is 36.6 Å². The number of carbonyl (C=O) groups is 1. The van der Waals surface area contributed by atoms with Gasteiger partial charge in [0.05, 0.1) is 16.3 Å². The number of aryl methyl sites for hydroxylation is 3. The molecule has 3 rings (SSSR count). The van der Waals surface area contributed by atoms with Crippen LogP contribution in [0, 0.1) is 13.8 Å². The number of nitrogens with zero attached hydrogens (tertiary/aromatic N) is 3. The number of aliphatic imine (C=N–C) groups is 1. The Kier molecular flexibility index (Phi) is 5.84. The number of halogens is 1. The van der Waals surface area contributed by atoms with E-state index in [1.165, 1.54) is 17.3 Å². The molecule has 1 aromatic carbocycles. The van der Waals surface area contributed by atoms with E-state index >= 15 is 0 Å². The van der Waals surface area contributed by atoms with Crippen LogP contribution in [-0.4, -0.2) is 20.9 Å². The van der Waals surface area contributed by atoms with E-state index in [2.05, 4.69) is 22.3 Å². The van der Waals surface area contributed by atoms with Gasteiger partial charge in [-0.2, -0.15) is 5.10 Å². The summed E-state index contributed by atoms with van der Waals surface area (Å²) in [6, 6.07) is 7.84. The van der Waals surface area contributed by atoms with Gasteiger partial charge in [0.1, 0.15) is 5.15 Å². The molecule has 0 spiro atoms. The minimum atomic E-state index is -0.169. The Balaban J connectivity index is 1.83. The van der Waals surface area contributed by atoms with Crippen LogP contribution in [0.3, 0.4) is 0 Å². The third-order valence-electron chi connectivity index (χ3n) is 4.02. The maximum absolute atomic E-state index is 12.3. The normalized spacial score (nSPS) is 17.3. The number of nitrogens with one attached hydrogen (secondary N) is 1. The lowest BCUT2D eigenvalue weighted by molar-refractivity contribution is -0.115. The monoisotopic (exact) mass is 388 g/mol. The highest BCUT2D eigenvalue weighted by molar-refractivity contribution is 8.18. The number of hydrogen-bond acceptors (Lipinski definition) is 4. The Morgan fingerprint density at radius 3 is 2.73 bits per heavy atom. The lowest BCUT2D eigenvalue weighted by Crippen LogP contribution is -2.19. The molecule has 2 heterocycles. The highest BCUT2D eigenvalue weighted by Gasteiger charge is 2.25. The minimum absolute atomic E-state index is 0.169. The lowest BCUT2D eigenvalue weighted by atomic mass is 10.2. The number of amidine groups is 1. The van der Waals surface area contributed by atoms with Gasteiger partial charge in [0.15, 0.2) is 5.17 Å². The maximum Gasteiger partial charge on any atom is 0.264 e. The fraction of sp³-hybridized carbons (Fsp3) is 0.316. The van der Waals surface area contributed by atoms with E-state index in [0.29, 0.717) is 15.2 Å². The Hall–Kier alpha value is -2.05. The van der Waals surface area contributed by atoms with Crippen LogP contribution in [-0.2, 0) is 11.3 Å². The van der Waals surface area contributed by atoms with E-state index in [1.54, 1.807) is 10.8 Å². The quantitative estimate of drug-likeness (QED) is 0.745. The third kappa shape index (κ3) is 4.19. The van der Waals surface area contributed by atoms with Crippen LogP contribution >= 0.6 is 23.4 Å². The van der Waals surface area contributed by atoms with Crippen molar-refractivity contribution in [1.29, 1.82) is 0 Å². The van der Waals surface area contributed by atoms with E-state index in [-0.39, 0.29) is 5.91 Å². The van der Waals surface area contributed by atoms with Gasteiger partial charge in [-0.25, -0.2) is 4.99 Å². The molecule has 1 saturated heterocycles. The van der Waals surface area contributed by atoms with Gasteiger partial charge in [-0.15, -0.1) is 0 Å². The SMILES string of the molecule is CCCCn1nc(C)c(/C=C2\SC(=Nc3ccc(C)cc3)NC2=O)c1Cl. The van der Waals surface area contributed by atoms with Gasteiger partial charge in [-0.1, -0.05) is 42.6 Å². The number of hydrogen-bond donors (Lipinski definition) is 1. The van der Waals surface area contributed by atoms with Crippen LogP contribution in [0.25, 0.3) is 6.08 Å². The van der Waals surface area contributed by atoms with Crippen molar-refractivity contribution in [2.45, 2.75) is 40.2 Å². The van der Waals surface area contributed by atoms with Crippen molar-refractivity contribution in [3.05, 3.63) is 51.1 Å². The van der Waals surface area contributed by atoms with E-state index in [9.17, 15) is 4.79 Å². The summed E-state index contributed by atoms with van der Waals surface area (Å²) in [6.45, 7) is 6.83. The van der Waals surface area contributed by atoms with Crippen LogP contribution in [0.5, 0.6) is 0 Å². The predicted molar refractivity (Wildman–Crippen MR) is 109 cm³/mol. The summed E-state index contributed by atoms with van der Waals surface area (Å²) in [4.78, 5) is 17.3. The Morgan fingerprint density at radius 2 is 2.04 bits per heavy atom. The molecule has 1 N–H and O–H groups in total. The molecule has 1 aliphatic rings. The molecule has 0 aliphatic carbocycles. The number of aromatic nitrogens is 2. The van der Waals surface area contributed by atoms with E-state index in [0.717, 1.165) is 36.3 Å². The van der Waals surface area contributed by atoms with Gasteiger partial charge in [0.25, 0.3) is 5.91 Å². The lowest BCUT2D eigenvalue weighted by Gasteiger charge is -2.00. The molecule has 7 heteroatoms. The van der Waals surface area contributed by atoms with Crippen molar-refractivity contribution in [3.63, 3.8) is 0 Å². The molecule has 0 saturated carbocycles. The van der Waals surface area contributed by atoms with Crippen LogP contribution in [0.2, 0.25) is 5.15 Å². The van der Waals surface area contributed by atoms with Gasteiger partial charge in [0.2, 0.25) is 0 Å². The molecule has 2 aromatic rings. The molecule has 1 aromatic heterocycles. The summed E-state index contributed by atoms with van der Waals surface area (Å²) in [7, 11) is 0. The average Bonchev–Trinajstić information content (AvgIpc) is 3.09. The molecule has 0 atom stereocenters. The summed E-state index contributed by atoms with van der Waals surface area (Å²) in [6.07, 6.45) is 3.88. The van der Waals surface area contributed by atoms with Crippen LogP contribution in [0.15, 0.2) is 34.2 Å². The van der Waals surface area contributed by atoms with Crippen molar-refractivity contribution in [3.8, 4) is 0 Å². The zero-order valence-corrected chi connectivity index (χ0v) is 16.6. The van der Waals surface area contributed by atoms with Gasteiger partial charge >= 0.3 is 0 Å². The molecule has 0 radical (unpaired) electrons. The van der Waals surface area contributed by atoms with Gasteiger partial charge in [0, 0.05) is 12.1 Å². The first-order valence-electron chi connectivity index (χ1n) is 8.57. The molecule has 136 valence electrons. The van der Waals surface area contributed by atoms with Crippen molar-refractivity contribution >= 4 is 46.2 Å². The number of benzene rings is 1. The van der Waals surface area contributed by atoms with Crippen molar-refractivity contribution < 1.29 is 4.79 Å². The first kappa shape index (κ1) is 18.7. The van der Waals surface area contributed by atoms with Crippen molar-refractivity contribution in [2.75, 3.05) is 0 Å². The fourth-order valence-corrected chi connectivity index (χ4v) is 3.67. The molecule has 1 amide bonds. The topological polar surface area (TPSA) is 59.3 Å². The van der Waals surface area contributed by atoms with E-state index in [4.69, 9.17) is 11.6 Å². The Labute approximate surface area is 162 Å². The maximum atomic E-state index is 12.3. The number of amides is 1. The number of carbonyl (C=O) groups excluding carboxylic acids is 1. The second kappa shape index (κ2) is 8.10. The van der Waals surface area contributed by atoms with E-state index < -0.39 is 0 Å². The Morgan fingerprint density at radius 1 is 1.31 bits per heavy atom. The zero-order chi connectivity index (χ0) is 18.7. The summed E-state index contributed by atoms with van der Waals surface area (Å²) < 4.78 is 1.80. The second-order valence-corrected chi connectivity index (χ2v) is 7.57. The number of thioether (sulfide) groups is 1.